The molecule has 5 nitrogen and oxygen atoms in total. The predicted octanol–water partition coefficient (Wildman–Crippen LogP) is 3.96. The highest BCUT2D eigenvalue weighted by Gasteiger charge is 2.18. The van der Waals surface area contributed by atoms with Gasteiger partial charge in [0.05, 0.1) is 12.2 Å². The molecule has 1 fully saturated rings. The first-order valence-corrected chi connectivity index (χ1v) is 9.61. The number of para-hydroxylation sites is 1. The summed E-state index contributed by atoms with van der Waals surface area (Å²) in [4.78, 5) is 22.4. The summed E-state index contributed by atoms with van der Waals surface area (Å²) >= 11 is 1.47. The van der Waals surface area contributed by atoms with Gasteiger partial charge in [-0.15, -0.1) is 11.3 Å². The van der Waals surface area contributed by atoms with Crippen molar-refractivity contribution in [1.29, 1.82) is 0 Å². The minimum Gasteiger partial charge on any atom is -0.360 e. The number of carbonyl (C=O) groups excluding carboxylic acids is 1. The van der Waals surface area contributed by atoms with Crippen LogP contribution in [0.1, 0.15) is 19.8 Å². The number of thiazole rings is 1. The van der Waals surface area contributed by atoms with E-state index >= 15 is 0 Å². The van der Waals surface area contributed by atoms with E-state index in [9.17, 15) is 4.79 Å². The molecule has 25 heavy (non-hydrogen) atoms. The number of hydrogen-bond donors (Lipinski definition) is 2. The van der Waals surface area contributed by atoms with E-state index in [4.69, 9.17) is 0 Å². The number of anilines is 1. The molecule has 1 aromatic carbocycles. The van der Waals surface area contributed by atoms with Crippen LogP contribution in [0.3, 0.4) is 0 Å². The average molecular weight is 354 g/mol. The number of carbonyl (C=O) groups is 1. The Morgan fingerprint density at radius 1 is 1.36 bits per heavy atom. The van der Waals surface area contributed by atoms with Crippen molar-refractivity contribution in [1.82, 2.24) is 14.9 Å². The van der Waals surface area contributed by atoms with Crippen LogP contribution in [0.15, 0.2) is 35.8 Å². The van der Waals surface area contributed by atoms with Gasteiger partial charge in [0, 0.05) is 28.0 Å². The lowest BCUT2D eigenvalue weighted by Gasteiger charge is -2.29. The number of nitrogens with zero attached hydrogens (tertiary/aromatic N) is 2. The summed E-state index contributed by atoms with van der Waals surface area (Å²) in [6.45, 7) is 4.74. The topological polar surface area (TPSA) is 61.0 Å². The molecule has 0 spiro atoms. The molecular formula is C19H22N4OS. The van der Waals surface area contributed by atoms with E-state index in [-0.39, 0.29) is 5.91 Å². The van der Waals surface area contributed by atoms with Gasteiger partial charge in [0.1, 0.15) is 0 Å². The molecule has 0 saturated carbocycles. The summed E-state index contributed by atoms with van der Waals surface area (Å²) < 4.78 is 0. The van der Waals surface area contributed by atoms with Crippen molar-refractivity contribution in [2.75, 3.05) is 25.0 Å². The van der Waals surface area contributed by atoms with Gasteiger partial charge in [-0.25, -0.2) is 4.98 Å². The SMILES string of the molecule is CC1CCN(CC(=O)Nc2nc(-c3c[nH]c4ccccc34)cs2)CC1. The minimum atomic E-state index is 0.0226. The fourth-order valence-electron chi connectivity index (χ4n) is 3.32. The van der Waals surface area contributed by atoms with Crippen LogP contribution in [0.2, 0.25) is 0 Å². The summed E-state index contributed by atoms with van der Waals surface area (Å²) in [6, 6.07) is 8.16. The Hall–Kier alpha value is -2.18. The van der Waals surface area contributed by atoms with Crippen molar-refractivity contribution in [3.8, 4) is 11.3 Å². The zero-order valence-electron chi connectivity index (χ0n) is 14.3. The summed E-state index contributed by atoms with van der Waals surface area (Å²) in [7, 11) is 0. The zero-order valence-corrected chi connectivity index (χ0v) is 15.1. The molecule has 1 aliphatic heterocycles. The lowest BCUT2D eigenvalue weighted by Crippen LogP contribution is -2.38. The highest BCUT2D eigenvalue weighted by molar-refractivity contribution is 7.14. The van der Waals surface area contributed by atoms with Gasteiger partial charge in [0.15, 0.2) is 5.13 Å². The van der Waals surface area contributed by atoms with E-state index in [1.54, 1.807) is 0 Å². The minimum absolute atomic E-state index is 0.0226. The maximum atomic E-state index is 12.3. The van der Waals surface area contributed by atoms with Crippen molar-refractivity contribution in [2.24, 2.45) is 5.92 Å². The average Bonchev–Trinajstić information content (AvgIpc) is 3.23. The lowest BCUT2D eigenvalue weighted by molar-refractivity contribution is -0.117. The van der Waals surface area contributed by atoms with Crippen molar-refractivity contribution >= 4 is 33.3 Å². The van der Waals surface area contributed by atoms with Gasteiger partial charge in [-0.3, -0.25) is 9.69 Å². The molecule has 4 rings (SSSR count). The number of aromatic amines is 1. The van der Waals surface area contributed by atoms with E-state index in [0.717, 1.165) is 41.2 Å². The second-order valence-corrected chi connectivity index (χ2v) is 7.65. The largest absolute Gasteiger partial charge is 0.360 e. The summed E-state index contributed by atoms with van der Waals surface area (Å²) in [6.07, 6.45) is 4.32. The molecule has 3 heterocycles. The van der Waals surface area contributed by atoms with E-state index in [1.165, 1.54) is 24.2 Å². The first-order chi connectivity index (χ1) is 12.2. The molecule has 2 aromatic heterocycles. The molecule has 3 aromatic rings. The summed E-state index contributed by atoms with van der Waals surface area (Å²) in [5, 5.41) is 6.75. The van der Waals surface area contributed by atoms with Crippen LogP contribution >= 0.6 is 11.3 Å². The zero-order chi connectivity index (χ0) is 17.2. The Morgan fingerprint density at radius 3 is 3.00 bits per heavy atom. The third-order valence-corrected chi connectivity index (χ3v) is 5.62. The Kier molecular flexibility index (Phi) is 4.55. The maximum Gasteiger partial charge on any atom is 0.240 e. The number of amides is 1. The predicted molar refractivity (Wildman–Crippen MR) is 103 cm³/mol. The van der Waals surface area contributed by atoms with Gasteiger partial charge in [0.25, 0.3) is 0 Å². The smallest absolute Gasteiger partial charge is 0.240 e. The number of rotatable bonds is 4. The van der Waals surface area contributed by atoms with E-state index in [1.807, 2.05) is 29.8 Å². The van der Waals surface area contributed by atoms with Gasteiger partial charge >= 0.3 is 0 Å². The van der Waals surface area contributed by atoms with Crippen LogP contribution in [0.4, 0.5) is 5.13 Å². The molecule has 1 aliphatic rings. The molecule has 2 N–H and O–H groups in total. The number of hydrogen-bond acceptors (Lipinski definition) is 4. The standard InChI is InChI=1S/C19H22N4OS/c1-13-6-8-23(9-7-13)11-18(24)22-19-21-17(12-25-19)15-10-20-16-5-3-2-4-14(15)16/h2-5,10,12-13,20H,6-9,11H2,1H3,(H,21,22,24). The van der Waals surface area contributed by atoms with E-state index < -0.39 is 0 Å². The first kappa shape index (κ1) is 16.3. The highest BCUT2D eigenvalue weighted by atomic mass is 32.1. The number of likely N-dealkylation sites (tertiary alicyclic amines) is 1. The Morgan fingerprint density at radius 2 is 2.16 bits per heavy atom. The Balaban J connectivity index is 1.42. The van der Waals surface area contributed by atoms with Crippen LogP contribution in [-0.4, -0.2) is 40.4 Å². The summed E-state index contributed by atoms with van der Waals surface area (Å²) in [5.74, 6) is 0.798. The fraction of sp³-hybridized carbons (Fsp3) is 0.368. The quantitative estimate of drug-likeness (QED) is 0.745. The third kappa shape index (κ3) is 3.60. The molecule has 130 valence electrons. The fourth-order valence-corrected chi connectivity index (χ4v) is 4.05. The van der Waals surface area contributed by atoms with Gasteiger partial charge in [0.2, 0.25) is 5.91 Å². The number of fused-ring (bicyclic) bond motifs is 1. The lowest BCUT2D eigenvalue weighted by atomic mass is 9.99. The van der Waals surface area contributed by atoms with Gasteiger partial charge in [-0.05, 0) is 37.9 Å². The number of piperidine rings is 1. The normalized spacial score (nSPS) is 16.4. The second kappa shape index (κ2) is 6.98. The monoisotopic (exact) mass is 354 g/mol. The molecule has 1 saturated heterocycles. The number of H-pyrrole nitrogens is 1. The van der Waals surface area contributed by atoms with Crippen LogP contribution in [0.5, 0.6) is 0 Å². The molecule has 1 amide bonds. The van der Waals surface area contributed by atoms with Crippen LogP contribution < -0.4 is 5.32 Å². The molecule has 0 unspecified atom stereocenters. The molecule has 0 bridgehead atoms. The molecule has 0 atom stereocenters. The molecular weight excluding hydrogens is 332 g/mol. The summed E-state index contributed by atoms with van der Waals surface area (Å²) in [5.41, 5.74) is 3.05. The van der Waals surface area contributed by atoms with Gasteiger partial charge in [-0.2, -0.15) is 0 Å². The van der Waals surface area contributed by atoms with Crippen molar-refractivity contribution < 1.29 is 4.79 Å². The Bertz CT molecular complexity index is 876. The van der Waals surface area contributed by atoms with Crippen molar-refractivity contribution in [3.05, 3.63) is 35.8 Å². The van der Waals surface area contributed by atoms with Crippen LogP contribution in [-0.2, 0) is 4.79 Å². The van der Waals surface area contributed by atoms with Crippen molar-refractivity contribution in [3.63, 3.8) is 0 Å². The maximum absolute atomic E-state index is 12.3. The Labute approximate surface area is 151 Å². The van der Waals surface area contributed by atoms with Crippen molar-refractivity contribution in [2.45, 2.75) is 19.8 Å². The van der Waals surface area contributed by atoms with Crippen LogP contribution in [0.25, 0.3) is 22.2 Å². The van der Waals surface area contributed by atoms with Gasteiger partial charge < -0.3 is 10.3 Å². The second-order valence-electron chi connectivity index (χ2n) is 6.79. The number of nitrogens with one attached hydrogen (secondary N) is 2. The van der Waals surface area contributed by atoms with E-state index in [0.29, 0.717) is 11.7 Å². The van der Waals surface area contributed by atoms with E-state index in [2.05, 4.69) is 33.2 Å². The first-order valence-electron chi connectivity index (χ1n) is 8.73. The third-order valence-electron chi connectivity index (χ3n) is 4.86. The number of benzene rings is 1. The molecule has 6 heteroatoms. The molecule has 0 radical (unpaired) electrons. The van der Waals surface area contributed by atoms with Gasteiger partial charge in [-0.1, -0.05) is 25.1 Å². The molecule has 0 aliphatic carbocycles. The van der Waals surface area contributed by atoms with Crippen LogP contribution in [0, 0.1) is 5.92 Å². The highest BCUT2D eigenvalue weighted by Crippen LogP contribution is 2.30. The number of aromatic nitrogens is 2.